The minimum absolute atomic E-state index is 0.232. The van der Waals surface area contributed by atoms with E-state index >= 15 is 0 Å². The molecule has 5 aromatic rings. The van der Waals surface area contributed by atoms with E-state index in [9.17, 15) is 9.90 Å². The first-order chi connectivity index (χ1) is 17.1. The maximum atomic E-state index is 11.5. The lowest BCUT2D eigenvalue weighted by Gasteiger charge is -2.11. The summed E-state index contributed by atoms with van der Waals surface area (Å²) in [5, 5.41) is 18.5. The molecule has 174 valence electrons. The van der Waals surface area contributed by atoms with Crippen LogP contribution < -0.4 is 21.7 Å². The number of imidazole rings is 1. The predicted octanol–water partition coefficient (Wildman–Crippen LogP) is 2.34. The summed E-state index contributed by atoms with van der Waals surface area (Å²) in [6.07, 6.45) is 5.41. The number of anilines is 1. The van der Waals surface area contributed by atoms with Crippen molar-refractivity contribution in [1.82, 2.24) is 24.6 Å². The molecule has 3 aromatic heterocycles. The van der Waals surface area contributed by atoms with Gasteiger partial charge in [0.25, 0.3) is 0 Å². The highest BCUT2D eigenvalue weighted by atomic mass is 16.3. The van der Waals surface area contributed by atoms with Crippen molar-refractivity contribution in [3.63, 3.8) is 0 Å². The number of rotatable bonds is 6. The predicted molar refractivity (Wildman–Crippen MR) is 133 cm³/mol. The van der Waals surface area contributed by atoms with Gasteiger partial charge in [-0.1, -0.05) is 54.6 Å². The summed E-state index contributed by atoms with van der Waals surface area (Å²) in [6, 6.07) is 20.8. The van der Waals surface area contributed by atoms with Crippen LogP contribution in [0.1, 0.15) is 24.1 Å². The second kappa shape index (κ2) is 8.60. The number of nitrogens with zero attached hydrogens (tertiary/aromatic N) is 4. The van der Waals surface area contributed by atoms with Crippen molar-refractivity contribution < 1.29 is 5.11 Å². The number of aromatic amines is 2. The van der Waals surface area contributed by atoms with Crippen LogP contribution in [0.4, 0.5) is 5.82 Å². The summed E-state index contributed by atoms with van der Waals surface area (Å²) in [5.41, 5.74) is 4.54. The summed E-state index contributed by atoms with van der Waals surface area (Å²) in [4.78, 5) is 26.0. The average molecular weight is 466 g/mol. The summed E-state index contributed by atoms with van der Waals surface area (Å²) in [7, 11) is 0. The van der Waals surface area contributed by atoms with Crippen LogP contribution in [0.2, 0.25) is 0 Å². The zero-order valence-corrected chi connectivity index (χ0v) is 18.8. The first-order valence-corrected chi connectivity index (χ1v) is 11.5. The highest BCUT2D eigenvalue weighted by Gasteiger charge is 2.20. The largest absolute Gasteiger partial charge is 0.493 e. The van der Waals surface area contributed by atoms with Gasteiger partial charge in [0.15, 0.2) is 11.1 Å². The van der Waals surface area contributed by atoms with Gasteiger partial charge in [-0.25, -0.2) is 9.78 Å². The van der Waals surface area contributed by atoms with Crippen LogP contribution in [0.15, 0.2) is 76.6 Å². The average Bonchev–Trinajstić information content (AvgIpc) is 3.51. The molecule has 3 heterocycles. The third kappa shape index (κ3) is 4.31. The first kappa shape index (κ1) is 20.9. The third-order valence-electron chi connectivity index (χ3n) is 5.94. The minimum Gasteiger partial charge on any atom is -0.493 e. The van der Waals surface area contributed by atoms with Gasteiger partial charge < -0.3 is 15.4 Å². The van der Waals surface area contributed by atoms with Gasteiger partial charge in [0.1, 0.15) is 11.5 Å². The van der Waals surface area contributed by atoms with Gasteiger partial charge in [-0.3, -0.25) is 9.98 Å². The van der Waals surface area contributed by atoms with E-state index in [1.807, 2.05) is 36.4 Å². The lowest BCUT2D eigenvalue weighted by Crippen LogP contribution is -2.20. The molecule has 0 aliphatic heterocycles. The first-order valence-electron chi connectivity index (χ1n) is 11.5. The number of H-pyrrole nitrogens is 2. The van der Waals surface area contributed by atoms with Gasteiger partial charge >= 0.3 is 5.69 Å². The second-order valence-electron chi connectivity index (χ2n) is 8.56. The summed E-state index contributed by atoms with van der Waals surface area (Å²) in [6.45, 7) is 0.580. The van der Waals surface area contributed by atoms with Crippen LogP contribution in [0.25, 0.3) is 22.9 Å². The zero-order chi connectivity index (χ0) is 23.8. The molecule has 0 amide bonds. The van der Waals surface area contributed by atoms with Crippen LogP contribution >= 0.6 is 0 Å². The quantitative estimate of drug-likeness (QED) is 0.307. The zero-order valence-electron chi connectivity index (χ0n) is 18.8. The van der Waals surface area contributed by atoms with Crippen LogP contribution in [-0.2, 0) is 6.54 Å². The highest BCUT2D eigenvalue weighted by molar-refractivity contribution is 5.67. The molecule has 9 heteroatoms. The van der Waals surface area contributed by atoms with Gasteiger partial charge in [-0.15, -0.1) is 0 Å². The van der Waals surface area contributed by atoms with E-state index in [4.69, 9.17) is 9.98 Å². The molecule has 1 aliphatic rings. The van der Waals surface area contributed by atoms with Gasteiger partial charge in [0.2, 0.25) is 5.88 Å². The summed E-state index contributed by atoms with van der Waals surface area (Å²) in [5.74, 6) is 0.436. The molecule has 1 fully saturated rings. The summed E-state index contributed by atoms with van der Waals surface area (Å²) < 4.78 is 1.69. The molecule has 0 radical (unpaired) electrons. The van der Waals surface area contributed by atoms with E-state index < -0.39 is 5.69 Å². The van der Waals surface area contributed by atoms with E-state index in [0.717, 1.165) is 29.5 Å². The lowest BCUT2D eigenvalue weighted by molar-refractivity contribution is 0.454. The van der Waals surface area contributed by atoms with E-state index in [1.165, 1.54) is 0 Å². The molecule has 2 aromatic carbocycles. The summed E-state index contributed by atoms with van der Waals surface area (Å²) >= 11 is 0. The molecule has 9 nitrogen and oxygen atoms in total. The van der Waals surface area contributed by atoms with Gasteiger partial charge in [0.05, 0.1) is 12.2 Å². The Morgan fingerprint density at radius 3 is 2.69 bits per heavy atom. The third-order valence-corrected chi connectivity index (χ3v) is 5.94. The molecule has 0 spiro atoms. The second-order valence-corrected chi connectivity index (χ2v) is 8.56. The molecular formula is C26H23N7O2. The molecule has 6 rings (SSSR count). The normalized spacial score (nSPS) is 14.6. The number of benzene rings is 2. The number of hydrogen-bond acceptors (Lipinski definition) is 6. The Hall–Kier alpha value is -4.66. The van der Waals surface area contributed by atoms with E-state index in [2.05, 4.69) is 44.6 Å². The molecule has 1 saturated carbocycles. The topological polar surface area (TPSA) is 123 Å². The molecule has 4 N–H and O–H groups in total. The fraction of sp³-hybridized carbons (Fsp3) is 0.154. The van der Waals surface area contributed by atoms with Crippen molar-refractivity contribution in [2.45, 2.75) is 25.4 Å². The smallest absolute Gasteiger partial charge is 0.326 e. The highest BCUT2D eigenvalue weighted by Crippen LogP contribution is 2.24. The van der Waals surface area contributed by atoms with Crippen molar-refractivity contribution >= 4 is 17.5 Å². The van der Waals surface area contributed by atoms with Crippen molar-refractivity contribution in [1.29, 1.82) is 0 Å². The number of nitrogens with one attached hydrogen (secondary N) is 3. The Balaban J connectivity index is 1.40. The lowest BCUT2D eigenvalue weighted by atomic mass is 10.00. The van der Waals surface area contributed by atoms with Gasteiger partial charge in [-0.2, -0.15) is 9.61 Å². The van der Waals surface area contributed by atoms with E-state index in [-0.39, 0.29) is 11.6 Å². The van der Waals surface area contributed by atoms with Crippen molar-refractivity contribution in [2.24, 2.45) is 4.99 Å². The van der Waals surface area contributed by atoms with E-state index in [1.54, 1.807) is 16.8 Å². The molecule has 0 saturated heterocycles. The Morgan fingerprint density at radius 2 is 1.91 bits per heavy atom. The van der Waals surface area contributed by atoms with Crippen molar-refractivity contribution in [2.75, 3.05) is 5.32 Å². The van der Waals surface area contributed by atoms with Crippen molar-refractivity contribution in [3.05, 3.63) is 99.3 Å². The monoisotopic (exact) mass is 465 g/mol. The fourth-order valence-electron chi connectivity index (χ4n) is 4.05. The molecule has 0 atom stereocenters. The standard InChI is InChI=1S/C26H23N7O2/c34-25-21(30-26(35)32-25)12-18-15-28-33-23(29-19-10-11-19)13-22(31-24(18)33)27-14-17-8-4-5-9-20(17)16-6-2-1-3-7-16/h1-9,12-13,15,19,27,34H,10-11,14H2,(H2,30,32,35)/b18-12+,29-23?. The Morgan fingerprint density at radius 1 is 1.11 bits per heavy atom. The van der Waals surface area contributed by atoms with Crippen LogP contribution in [-0.4, -0.2) is 35.7 Å². The van der Waals surface area contributed by atoms with Gasteiger partial charge in [-0.05, 0) is 35.6 Å². The Kier molecular flexibility index (Phi) is 5.14. The molecule has 0 unspecified atom stereocenters. The minimum atomic E-state index is -0.484. The Labute approximate surface area is 199 Å². The van der Waals surface area contributed by atoms with Crippen LogP contribution in [0.3, 0.4) is 0 Å². The molecule has 1 aliphatic carbocycles. The van der Waals surface area contributed by atoms with Crippen LogP contribution in [0, 0.1) is 0 Å². The number of hydrogen-bond donors (Lipinski definition) is 4. The van der Waals surface area contributed by atoms with Crippen molar-refractivity contribution in [3.8, 4) is 17.0 Å². The number of aromatic hydroxyl groups is 1. The van der Waals surface area contributed by atoms with E-state index in [0.29, 0.717) is 34.8 Å². The fourth-order valence-corrected chi connectivity index (χ4v) is 4.05. The SMILES string of the molecule is O=c1[nH]c(O)c(/C=c2\cnn3c(=NC4CC4)cc(NCc4ccccc4-c4ccccc4)nc23)[nH]1. The van der Waals surface area contributed by atoms with Gasteiger partial charge in [0, 0.05) is 17.8 Å². The molecular weight excluding hydrogens is 442 g/mol. The van der Waals surface area contributed by atoms with Crippen LogP contribution in [0.5, 0.6) is 5.88 Å². The maximum absolute atomic E-state index is 11.5. The maximum Gasteiger partial charge on any atom is 0.326 e. The Bertz CT molecular complexity index is 1700. The molecule has 35 heavy (non-hydrogen) atoms. The number of fused-ring (bicyclic) bond motifs is 1. The molecule has 0 bridgehead atoms. The number of aromatic nitrogens is 5.